The highest BCUT2D eigenvalue weighted by molar-refractivity contribution is 9.10. The number of halogens is 1. The lowest BCUT2D eigenvalue weighted by Crippen LogP contribution is -1.90. The van der Waals surface area contributed by atoms with E-state index in [-0.39, 0.29) is 0 Å². The van der Waals surface area contributed by atoms with Gasteiger partial charge in [0, 0.05) is 10.7 Å². The van der Waals surface area contributed by atoms with Crippen LogP contribution in [-0.2, 0) is 0 Å². The molecule has 0 aliphatic heterocycles. The summed E-state index contributed by atoms with van der Waals surface area (Å²) in [6, 6.07) is 5.72. The molecule has 80 valence electrons. The molecule has 3 heterocycles. The highest BCUT2D eigenvalue weighted by atomic mass is 79.9. The van der Waals surface area contributed by atoms with Crippen LogP contribution >= 0.6 is 27.3 Å². The van der Waals surface area contributed by atoms with Crippen LogP contribution in [0.5, 0.6) is 0 Å². The minimum Gasteiger partial charge on any atom is -0.397 e. The normalized spacial score (nSPS) is 11.1. The molecule has 6 heteroatoms. The summed E-state index contributed by atoms with van der Waals surface area (Å²) in [6.45, 7) is 0. The summed E-state index contributed by atoms with van der Waals surface area (Å²) in [7, 11) is 0. The van der Waals surface area contributed by atoms with Gasteiger partial charge < -0.3 is 5.73 Å². The van der Waals surface area contributed by atoms with Crippen LogP contribution in [-0.4, -0.2) is 14.6 Å². The molecule has 0 aliphatic carbocycles. The van der Waals surface area contributed by atoms with E-state index in [0.29, 0.717) is 0 Å². The van der Waals surface area contributed by atoms with Crippen molar-refractivity contribution < 1.29 is 0 Å². The Morgan fingerprint density at radius 1 is 1.25 bits per heavy atom. The fourth-order valence-electron chi connectivity index (χ4n) is 1.52. The second-order valence-electron chi connectivity index (χ2n) is 3.30. The Hall–Kier alpha value is -1.40. The van der Waals surface area contributed by atoms with E-state index in [4.69, 9.17) is 5.73 Å². The Morgan fingerprint density at radius 2 is 2.12 bits per heavy atom. The standard InChI is InChI=1S/C10H7BrN4S/c11-6-1-2-8-13-14-10(15(8)5-6)9-7(12)3-4-16-9/h1-5H,12H2. The molecule has 0 aromatic carbocycles. The molecule has 3 rings (SSSR count). The van der Waals surface area contributed by atoms with Crippen molar-refractivity contribution in [3.05, 3.63) is 34.2 Å². The van der Waals surface area contributed by atoms with Gasteiger partial charge in [-0.3, -0.25) is 4.40 Å². The number of fused-ring (bicyclic) bond motifs is 1. The maximum absolute atomic E-state index is 5.88. The van der Waals surface area contributed by atoms with Crippen LogP contribution in [0.25, 0.3) is 16.3 Å². The molecule has 0 atom stereocenters. The molecule has 16 heavy (non-hydrogen) atoms. The van der Waals surface area contributed by atoms with Crippen molar-refractivity contribution in [2.45, 2.75) is 0 Å². The average Bonchev–Trinajstić information content (AvgIpc) is 2.83. The van der Waals surface area contributed by atoms with Gasteiger partial charge in [-0.05, 0) is 39.5 Å². The zero-order valence-corrected chi connectivity index (χ0v) is 10.5. The largest absolute Gasteiger partial charge is 0.397 e. The maximum Gasteiger partial charge on any atom is 0.180 e. The van der Waals surface area contributed by atoms with E-state index < -0.39 is 0 Å². The second-order valence-corrected chi connectivity index (χ2v) is 5.14. The monoisotopic (exact) mass is 294 g/mol. The first-order valence-electron chi connectivity index (χ1n) is 4.59. The van der Waals surface area contributed by atoms with Gasteiger partial charge in [0.1, 0.15) is 0 Å². The van der Waals surface area contributed by atoms with Gasteiger partial charge in [0.25, 0.3) is 0 Å². The summed E-state index contributed by atoms with van der Waals surface area (Å²) in [5.74, 6) is 0.781. The number of rotatable bonds is 1. The Kier molecular flexibility index (Phi) is 2.19. The predicted molar refractivity (Wildman–Crippen MR) is 68.4 cm³/mol. The van der Waals surface area contributed by atoms with E-state index in [2.05, 4.69) is 26.1 Å². The molecule has 0 bridgehead atoms. The third kappa shape index (κ3) is 1.42. The van der Waals surface area contributed by atoms with Crippen LogP contribution in [0.2, 0.25) is 0 Å². The third-order valence-electron chi connectivity index (χ3n) is 2.27. The van der Waals surface area contributed by atoms with E-state index in [1.54, 1.807) is 11.3 Å². The van der Waals surface area contributed by atoms with Gasteiger partial charge in [0.15, 0.2) is 11.5 Å². The number of hydrogen-bond donors (Lipinski definition) is 1. The lowest BCUT2D eigenvalue weighted by atomic mass is 10.4. The first-order valence-corrected chi connectivity index (χ1v) is 6.26. The summed E-state index contributed by atoms with van der Waals surface area (Å²) >= 11 is 4.99. The molecule has 0 unspecified atom stereocenters. The van der Waals surface area contributed by atoms with Crippen molar-refractivity contribution in [3.8, 4) is 10.7 Å². The van der Waals surface area contributed by atoms with Crippen LogP contribution in [0.1, 0.15) is 0 Å². The Morgan fingerprint density at radius 3 is 2.88 bits per heavy atom. The van der Waals surface area contributed by atoms with Crippen molar-refractivity contribution in [1.82, 2.24) is 14.6 Å². The smallest absolute Gasteiger partial charge is 0.180 e. The topological polar surface area (TPSA) is 56.2 Å². The van der Waals surface area contributed by atoms with E-state index in [0.717, 1.165) is 26.5 Å². The fourth-order valence-corrected chi connectivity index (χ4v) is 2.66. The van der Waals surface area contributed by atoms with E-state index >= 15 is 0 Å². The lowest BCUT2D eigenvalue weighted by Gasteiger charge is -1.98. The summed E-state index contributed by atoms with van der Waals surface area (Å²) in [5, 5.41) is 10.2. The number of nitrogen functional groups attached to an aromatic ring is 1. The first-order chi connectivity index (χ1) is 7.75. The Labute approximate surface area is 104 Å². The summed E-state index contributed by atoms with van der Waals surface area (Å²) in [5.41, 5.74) is 7.42. The summed E-state index contributed by atoms with van der Waals surface area (Å²) < 4.78 is 2.91. The number of pyridine rings is 1. The van der Waals surface area contributed by atoms with Crippen molar-refractivity contribution in [3.63, 3.8) is 0 Å². The van der Waals surface area contributed by atoms with Gasteiger partial charge in [-0.1, -0.05) is 0 Å². The minimum atomic E-state index is 0.735. The van der Waals surface area contributed by atoms with E-state index in [1.807, 2.05) is 34.2 Å². The van der Waals surface area contributed by atoms with E-state index in [9.17, 15) is 0 Å². The molecule has 0 aliphatic rings. The van der Waals surface area contributed by atoms with Gasteiger partial charge in [-0.15, -0.1) is 21.5 Å². The summed E-state index contributed by atoms with van der Waals surface area (Å²) in [6.07, 6.45) is 1.93. The number of nitrogens with zero attached hydrogens (tertiary/aromatic N) is 3. The van der Waals surface area contributed by atoms with Gasteiger partial charge in [0.2, 0.25) is 0 Å². The molecule has 4 nitrogen and oxygen atoms in total. The molecule has 0 radical (unpaired) electrons. The predicted octanol–water partition coefficient (Wildman–Crippen LogP) is 2.80. The number of anilines is 1. The van der Waals surface area contributed by atoms with Crippen LogP contribution in [0.4, 0.5) is 5.69 Å². The molecule has 0 saturated carbocycles. The number of nitrogens with two attached hydrogens (primary N) is 1. The second kappa shape index (κ2) is 3.57. The number of thiophene rings is 1. The molecule has 3 aromatic rings. The first kappa shape index (κ1) is 9.80. The SMILES string of the molecule is Nc1ccsc1-c1nnc2ccc(Br)cn12. The number of aromatic nitrogens is 3. The Balaban J connectivity index is 2.32. The maximum atomic E-state index is 5.88. The van der Waals surface area contributed by atoms with Crippen LogP contribution in [0, 0.1) is 0 Å². The summed E-state index contributed by atoms with van der Waals surface area (Å²) in [4.78, 5) is 0.950. The highest BCUT2D eigenvalue weighted by Gasteiger charge is 2.11. The van der Waals surface area contributed by atoms with Gasteiger partial charge >= 0.3 is 0 Å². The average molecular weight is 295 g/mol. The zero-order chi connectivity index (χ0) is 11.1. The molecule has 0 spiro atoms. The molecule has 2 N–H and O–H groups in total. The Bertz CT molecular complexity index is 658. The molecule has 0 amide bonds. The molecule has 0 saturated heterocycles. The molecular weight excluding hydrogens is 288 g/mol. The van der Waals surface area contributed by atoms with Crippen LogP contribution < -0.4 is 5.73 Å². The van der Waals surface area contributed by atoms with Crippen molar-refractivity contribution in [1.29, 1.82) is 0 Å². The van der Waals surface area contributed by atoms with Gasteiger partial charge in [0.05, 0.1) is 10.6 Å². The molecule has 0 fully saturated rings. The van der Waals surface area contributed by atoms with Crippen LogP contribution in [0.3, 0.4) is 0 Å². The number of hydrogen-bond acceptors (Lipinski definition) is 4. The third-order valence-corrected chi connectivity index (χ3v) is 3.66. The zero-order valence-electron chi connectivity index (χ0n) is 8.09. The fraction of sp³-hybridized carbons (Fsp3) is 0. The minimum absolute atomic E-state index is 0.735. The lowest BCUT2D eigenvalue weighted by molar-refractivity contribution is 1.12. The van der Waals surface area contributed by atoms with Crippen molar-refractivity contribution in [2.75, 3.05) is 5.73 Å². The van der Waals surface area contributed by atoms with Crippen LogP contribution in [0.15, 0.2) is 34.2 Å². The quantitative estimate of drug-likeness (QED) is 0.751. The van der Waals surface area contributed by atoms with Crippen molar-refractivity contribution >= 4 is 38.6 Å². The van der Waals surface area contributed by atoms with Gasteiger partial charge in [-0.25, -0.2) is 0 Å². The molecule has 3 aromatic heterocycles. The van der Waals surface area contributed by atoms with E-state index in [1.165, 1.54) is 0 Å². The van der Waals surface area contributed by atoms with Gasteiger partial charge in [-0.2, -0.15) is 0 Å². The van der Waals surface area contributed by atoms with Crippen molar-refractivity contribution in [2.24, 2.45) is 0 Å². The highest BCUT2D eigenvalue weighted by Crippen LogP contribution is 2.30. The molecular formula is C10H7BrN4S.